The summed E-state index contributed by atoms with van der Waals surface area (Å²) in [6.45, 7) is 2.60. The van der Waals surface area contributed by atoms with Gasteiger partial charge in [0, 0.05) is 18.9 Å². The van der Waals surface area contributed by atoms with Gasteiger partial charge in [-0.3, -0.25) is 4.79 Å². The Bertz CT molecular complexity index is 1200. The fourth-order valence-corrected chi connectivity index (χ4v) is 4.57. The van der Waals surface area contributed by atoms with Crippen molar-refractivity contribution >= 4 is 5.97 Å². The summed E-state index contributed by atoms with van der Waals surface area (Å²) in [5.74, 6) is -1.06. The summed E-state index contributed by atoms with van der Waals surface area (Å²) >= 11 is 0. The zero-order valence-electron chi connectivity index (χ0n) is 18.8. The zero-order chi connectivity index (χ0) is 24.2. The summed E-state index contributed by atoms with van der Waals surface area (Å²) in [6.07, 6.45) is 11.1. The van der Waals surface area contributed by atoms with E-state index in [9.17, 15) is 18.7 Å². The third kappa shape index (κ3) is 4.43. The van der Waals surface area contributed by atoms with Crippen LogP contribution < -0.4 is 0 Å². The number of hydrogen-bond acceptors (Lipinski definition) is 3. The number of aliphatic carboxylic acids is 1. The molecule has 1 aliphatic carbocycles. The normalized spacial score (nSPS) is 21.6. The fraction of sp³-hybridized carbons (Fsp3) is 0.259. The predicted molar refractivity (Wildman–Crippen MR) is 124 cm³/mol. The number of imidazole rings is 1. The number of hydrogen-bond donors (Lipinski definition) is 1. The van der Waals surface area contributed by atoms with Crippen LogP contribution in [0.15, 0.2) is 85.2 Å². The molecular weight excluding hydrogens is 438 g/mol. The lowest BCUT2D eigenvalue weighted by Crippen LogP contribution is -2.57. The van der Waals surface area contributed by atoms with Crippen LogP contribution in [0.25, 0.3) is 0 Å². The number of benzene rings is 2. The van der Waals surface area contributed by atoms with Crippen molar-refractivity contribution in [2.75, 3.05) is 6.61 Å². The molecule has 0 aliphatic heterocycles. The van der Waals surface area contributed by atoms with Crippen LogP contribution in [0.1, 0.15) is 23.4 Å². The number of halogens is 2. The Morgan fingerprint density at radius 3 is 2.29 bits per heavy atom. The standard InChI is InChI=1S/C27H26F2N2O3/c1-20-30-16-17-31(20)18-19-34-26(15-12-21-4-8-23(28)9-5-21)13-2-3-14-27(26,25(32)33)22-6-10-24(29)11-7-22/h2-11,13-14,16-17H,12,15,18-19H2,1H3,(H,32,33). The molecule has 34 heavy (non-hydrogen) atoms. The maximum Gasteiger partial charge on any atom is 0.321 e. The molecule has 0 radical (unpaired) electrons. The maximum atomic E-state index is 13.7. The topological polar surface area (TPSA) is 64.4 Å². The highest BCUT2D eigenvalue weighted by Crippen LogP contribution is 2.46. The highest BCUT2D eigenvalue weighted by atomic mass is 19.1. The summed E-state index contributed by atoms with van der Waals surface area (Å²) in [5.41, 5.74) is -1.58. The number of rotatable bonds is 9. The van der Waals surface area contributed by atoms with E-state index in [1.165, 1.54) is 36.4 Å². The first-order chi connectivity index (χ1) is 16.4. The average molecular weight is 465 g/mol. The minimum absolute atomic E-state index is 0.231. The summed E-state index contributed by atoms with van der Waals surface area (Å²) in [6, 6.07) is 11.6. The van der Waals surface area contributed by atoms with E-state index in [1.807, 2.05) is 17.7 Å². The monoisotopic (exact) mass is 464 g/mol. The SMILES string of the molecule is Cc1nccn1CCOC1(CCc2ccc(F)cc2)C=CC=CC1(C(=O)O)c1ccc(F)cc1. The molecule has 1 aliphatic rings. The van der Waals surface area contributed by atoms with E-state index >= 15 is 0 Å². The minimum Gasteiger partial charge on any atom is -0.480 e. The van der Waals surface area contributed by atoms with Crippen molar-refractivity contribution in [3.8, 4) is 0 Å². The van der Waals surface area contributed by atoms with E-state index in [0.29, 0.717) is 24.9 Å². The number of carboxylic acid groups (broad SMARTS) is 1. The van der Waals surface area contributed by atoms with E-state index in [0.717, 1.165) is 11.4 Å². The van der Waals surface area contributed by atoms with Crippen molar-refractivity contribution in [1.82, 2.24) is 9.55 Å². The van der Waals surface area contributed by atoms with Crippen LogP contribution in [0.4, 0.5) is 8.78 Å². The van der Waals surface area contributed by atoms with Crippen molar-refractivity contribution in [2.24, 2.45) is 0 Å². The van der Waals surface area contributed by atoms with Gasteiger partial charge in [-0.25, -0.2) is 13.8 Å². The zero-order valence-corrected chi connectivity index (χ0v) is 18.8. The number of ether oxygens (including phenoxy) is 1. The first kappa shape index (κ1) is 23.6. The smallest absolute Gasteiger partial charge is 0.321 e. The van der Waals surface area contributed by atoms with Gasteiger partial charge in [0.25, 0.3) is 0 Å². The Hall–Kier alpha value is -3.58. The molecule has 2 aromatic carbocycles. The number of aromatic nitrogens is 2. The molecule has 0 saturated heterocycles. The second kappa shape index (κ2) is 9.73. The van der Waals surface area contributed by atoms with Gasteiger partial charge in [0.15, 0.2) is 0 Å². The summed E-state index contributed by atoms with van der Waals surface area (Å²) < 4.78 is 35.5. The van der Waals surface area contributed by atoms with Gasteiger partial charge < -0.3 is 14.4 Å². The molecule has 0 amide bonds. The van der Waals surface area contributed by atoms with Gasteiger partial charge in [0.2, 0.25) is 0 Å². The summed E-state index contributed by atoms with van der Waals surface area (Å²) in [4.78, 5) is 17.2. The van der Waals surface area contributed by atoms with Crippen LogP contribution in [0, 0.1) is 18.6 Å². The molecule has 1 N–H and O–H groups in total. The van der Waals surface area contributed by atoms with Crippen LogP contribution in [-0.4, -0.2) is 32.8 Å². The molecule has 1 heterocycles. The van der Waals surface area contributed by atoms with Gasteiger partial charge in [0.1, 0.15) is 28.5 Å². The number of nitrogens with zero attached hydrogens (tertiary/aromatic N) is 2. The Labute approximate surface area is 197 Å². The Morgan fingerprint density at radius 2 is 1.68 bits per heavy atom. The average Bonchev–Trinajstić information content (AvgIpc) is 3.24. The molecule has 0 saturated carbocycles. The second-order valence-electron chi connectivity index (χ2n) is 8.37. The van der Waals surface area contributed by atoms with Crippen LogP contribution in [0.2, 0.25) is 0 Å². The molecule has 0 spiro atoms. The van der Waals surface area contributed by atoms with Crippen molar-refractivity contribution in [2.45, 2.75) is 37.3 Å². The van der Waals surface area contributed by atoms with Crippen LogP contribution in [0.5, 0.6) is 0 Å². The lowest BCUT2D eigenvalue weighted by atomic mass is 9.63. The molecule has 2 unspecified atom stereocenters. The highest BCUT2D eigenvalue weighted by Gasteiger charge is 2.56. The minimum atomic E-state index is -1.58. The van der Waals surface area contributed by atoms with E-state index < -0.39 is 22.8 Å². The van der Waals surface area contributed by atoms with Crippen molar-refractivity contribution in [1.29, 1.82) is 0 Å². The molecule has 5 nitrogen and oxygen atoms in total. The van der Waals surface area contributed by atoms with Crippen molar-refractivity contribution in [3.05, 3.63) is 114 Å². The fourth-order valence-electron chi connectivity index (χ4n) is 4.57. The van der Waals surface area contributed by atoms with Gasteiger partial charge in [0.05, 0.1) is 6.61 Å². The Balaban J connectivity index is 1.73. The van der Waals surface area contributed by atoms with E-state index in [2.05, 4.69) is 4.98 Å². The van der Waals surface area contributed by atoms with Crippen molar-refractivity contribution in [3.63, 3.8) is 0 Å². The molecule has 0 fully saturated rings. The molecule has 1 aromatic heterocycles. The van der Waals surface area contributed by atoms with Crippen LogP contribution >= 0.6 is 0 Å². The second-order valence-corrected chi connectivity index (χ2v) is 8.37. The molecule has 7 heteroatoms. The number of carboxylic acids is 1. The van der Waals surface area contributed by atoms with Gasteiger partial charge in [-0.15, -0.1) is 0 Å². The van der Waals surface area contributed by atoms with Crippen molar-refractivity contribution < 1.29 is 23.4 Å². The lowest BCUT2D eigenvalue weighted by molar-refractivity contribution is -0.155. The molecule has 0 bridgehead atoms. The first-order valence-electron chi connectivity index (χ1n) is 11.1. The van der Waals surface area contributed by atoms with Gasteiger partial charge in [-0.2, -0.15) is 0 Å². The third-order valence-electron chi connectivity index (χ3n) is 6.44. The molecule has 176 valence electrons. The van der Waals surface area contributed by atoms with Gasteiger partial charge >= 0.3 is 5.97 Å². The Morgan fingerprint density at radius 1 is 1.03 bits per heavy atom. The molecule has 3 aromatic rings. The largest absolute Gasteiger partial charge is 0.480 e. The number of allylic oxidation sites excluding steroid dienone is 2. The number of carbonyl (C=O) groups is 1. The van der Waals surface area contributed by atoms with E-state index in [1.54, 1.807) is 42.6 Å². The summed E-state index contributed by atoms with van der Waals surface area (Å²) in [5, 5.41) is 10.6. The van der Waals surface area contributed by atoms with E-state index in [4.69, 9.17) is 4.74 Å². The van der Waals surface area contributed by atoms with Crippen LogP contribution in [-0.2, 0) is 27.9 Å². The lowest BCUT2D eigenvalue weighted by Gasteiger charge is -2.46. The molecule has 2 atom stereocenters. The summed E-state index contributed by atoms with van der Waals surface area (Å²) in [7, 11) is 0. The third-order valence-corrected chi connectivity index (χ3v) is 6.44. The van der Waals surface area contributed by atoms with Crippen LogP contribution in [0.3, 0.4) is 0 Å². The maximum absolute atomic E-state index is 13.7. The first-order valence-corrected chi connectivity index (χ1v) is 11.1. The van der Waals surface area contributed by atoms with Gasteiger partial charge in [-0.05, 0) is 55.2 Å². The van der Waals surface area contributed by atoms with E-state index in [-0.39, 0.29) is 12.4 Å². The van der Waals surface area contributed by atoms with Gasteiger partial charge in [-0.1, -0.05) is 48.6 Å². The highest BCUT2D eigenvalue weighted by molar-refractivity contribution is 5.87. The quantitative estimate of drug-likeness (QED) is 0.484. The molecule has 4 rings (SSSR count). The predicted octanol–water partition coefficient (Wildman–Crippen LogP) is 5.01. The molecular formula is C27H26F2N2O3. The number of aryl methyl sites for hydroxylation is 2. The Kier molecular flexibility index (Phi) is 6.75.